The molecule has 0 fully saturated rings. The van der Waals surface area contributed by atoms with Gasteiger partial charge in [0.15, 0.2) is 4.96 Å². The predicted molar refractivity (Wildman–Crippen MR) is 107 cm³/mol. The average molecular weight is 405 g/mol. The molecule has 0 aliphatic carbocycles. The summed E-state index contributed by atoms with van der Waals surface area (Å²) in [4.78, 5) is 5.85. The van der Waals surface area contributed by atoms with Gasteiger partial charge >= 0.3 is 0 Å². The summed E-state index contributed by atoms with van der Waals surface area (Å²) in [7, 11) is 0. The summed E-state index contributed by atoms with van der Waals surface area (Å²) in [6.45, 7) is 3.75. The number of nitrogens with two attached hydrogens (primary N) is 1. The highest BCUT2D eigenvalue weighted by Crippen LogP contribution is 2.40. The van der Waals surface area contributed by atoms with Gasteiger partial charge in [0, 0.05) is 4.88 Å². The molecule has 0 bridgehead atoms. The number of halogens is 3. The maximum absolute atomic E-state index is 14.5. The molecule has 0 unspecified atom stereocenters. The third-order valence-electron chi connectivity index (χ3n) is 4.36. The number of anilines is 3. The van der Waals surface area contributed by atoms with E-state index in [0.29, 0.717) is 27.3 Å². The molecule has 0 aliphatic rings. The van der Waals surface area contributed by atoms with Crippen LogP contribution in [0.5, 0.6) is 0 Å². The summed E-state index contributed by atoms with van der Waals surface area (Å²) in [6, 6.07) is 9.17. The van der Waals surface area contributed by atoms with Crippen molar-refractivity contribution in [2.24, 2.45) is 0 Å². The highest BCUT2D eigenvalue weighted by molar-refractivity contribution is 7.17. The van der Waals surface area contributed by atoms with Gasteiger partial charge < -0.3 is 11.1 Å². The van der Waals surface area contributed by atoms with E-state index in [2.05, 4.69) is 10.3 Å². The lowest BCUT2D eigenvalue weighted by atomic mass is 10.1. The number of thiazole rings is 1. The Bertz CT molecular complexity index is 1140. The first-order valence-electron chi connectivity index (χ1n) is 8.12. The summed E-state index contributed by atoms with van der Waals surface area (Å²) >= 11 is 7.68. The van der Waals surface area contributed by atoms with Crippen LogP contribution in [0.1, 0.15) is 10.4 Å². The zero-order valence-corrected chi connectivity index (χ0v) is 16.1. The molecular formula is C19H15ClF2N4S. The first-order valence-corrected chi connectivity index (χ1v) is 9.31. The van der Waals surface area contributed by atoms with E-state index in [0.717, 1.165) is 10.4 Å². The number of fused-ring (bicyclic) bond motifs is 1. The molecule has 8 heteroatoms. The summed E-state index contributed by atoms with van der Waals surface area (Å²) < 4.78 is 30.6. The second kappa shape index (κ2) is 6.51. The van der Waals surface area contributed by atoms with Gasteiger partial charge in [-0.3, -0.25) is 4.40 Å². The van der Waals surface area contributed by atoms with Gasteiger partial charge in [0.2, 0.25) is 0 Å². The molecule has 0 aliphatic heterocycles. The van der Waals surface area contributed by atoms with Crippen LogP contribution in [0.15, 0.2) is 36.4 Å². The number of nitrogens with one attached hydrogen (secondary N) is 1. The van der Waals surface area contributed by atoms with Crippen LogP contribution in [0, 0.1) is 25.5 Å². The maximum atomic E-state index is 14.5. The topological polar surface area (TPSA) is 55.3 Å². The lowest BCUT2D eigenvalue weighted by Gasteiger charge is -2.13. The Morgan fingerprint density at radius 3 is 2.44 bits per heavy atom. The summed E-state index contributed by atoms with van der Waals surface area (Å²) in [5.74, 6) is -0.574. The number of aromatic nitrogens is 2. The van der Waals surface area contributed by atoms with Crippen LogP contribution >= 0.6 is 22.9 Å². The number of hydrogen-bond donors (Lipinski definition) is 2. The number of aryl methyl sites for hydroxylation is 2. The molecule has 2 aromatic carbocycles. The van der Waals surface area contributed by atoms with Gasteiger partial charge in [0.05, 0.1) is 16.3 Å². The van der Waals surface area contributed by atoms with Crippen LogP contribution in [0.25, 0.3) is 16.2 Å². The maximum Gasteiger partial charge on any atom is 0.197 e. The van der Waals surface area contributed by atoms with E-state index in [-0.39, 0.29) is 11.3 Å². The Hall–Kier alpha value is -2.64. The van der Waals surface area contributed by atoms with E-state index in [1.54, 1.807) is 10.5 Å². The Morgan fingerprint density at radius 2 is 1.78 bits per heavy atom. The fourth-order valence-corrected chi connectivity index (χ4v) is 4.12. The first-order chi connectivity index (χ1) is 12.9. The molecule has 27 heavy (non-hydrogen) atoms. The Labute approximate surface area is 163 Å². The number of rotatable bonds is 3. The molecule has 4 nitrogen and oxygen atoms in total. The van der Waals surface area contributed by atoms with E-state index >= 15 is 0 Å². The van der Waals surface area contributed by atoms with Crippen molar-refractivity contribution >= 4 is 45.2 Å². The first kappa shape index (κ1) is 17.8. The van der Waals surface area contributed by atoms with Gasteiger partial charge in [-0.2, -0.15) is 0 Å². The van der Waals surface area contributed by atoms with Gasteiger partial charge in [-0.05, 0) is 37.6 Å². The lowest BCUT2D eigenvalue weighted by molar-refractivity contribution is 0.589. The third kappa shape index (κ3) is 2.83. The highest BCUT2D eigenvalue weighted by atomic mass is 35.5. The molecule has 0 radical (unpaired) electrons. The average Bonchev–Trinajstić information content (AvgIpc) is 3.08. The van der Waals surface area contributed by atoms with Crippen molar-refractivity contribution in [1.82, 2.24) is 9.38 Å². The molecule has 3 N–H and O–H groups in total. The number of hydrogen-bond acceptors (Lipinski definition) is 4. The van der Waals surface area contributed by atoms with Crippen molar-refractivity contribution in [2.45, 2.75) is 13.8 Å². The molecule has 138 valence electrons. The van der Waals surface area contributed by atoms with E-state index in [1.165, 1.54) is 29.5 Å². The van der Waals surface area contributed by atoms with Crippen molar-refractivity contribution < 1.29 is 8.78 Å². The zero-order chi connectivity index (χ0) is 19.3. The minimum atomic E-state index is -0.699. The molecule has 4 rings (SSSR count). The van der Waals surface area contributed by atoms with E-state index < -0.39 is 11.6 Å². The van der Waals surface area contributed by atoms with Crippen LogP contribution in [0.3, 0.4) is 0 Å². The molecule has 0 amide bonds. The largest absolute Gasteiger partial charge is 0.384 e. The molecule has 0 spiro atoms. The predicted octanol–water partition coefficient (Wildman–Crippen LogP) is 5.94. The van der Waals surface area contributed by atoms with Crippen molar-refractivity contribution in [1.29, 1.82) is 0 Å². The molecule has 0 saturated heterocycles. The Balaban J connectivity index is 2.02. The molecule has 2 aromatic heterocycles. The molecule has 0 saturated carbocycles. The van der Waals surface area contributed by atoms with Crippen molar-refractivity contribution in [3.05, 3.63) is 63.5 Å². The van der Waals surface area contributed by atoms with Gasteiger partial charge in [-0.1, -0.05) is 41.1 Å². The second-order valence-corrected chi connectivity index (χ2v) is 7.71. The van der Waals surface area contributed by atoms with Crippen LogP contribution in [-0.2, 0) is 0 Å². The highest BCUT2D eigenvalue weighted by Gasteiger charge is 2.24. The zero-order valence-electron chi connectivity index (χ0n) is 14.5. The normalized spacial score (nSPS) is 11.3. The van der Waals surface area contributed by atoms with Crippen LogP contribution in [0.4, 0.5) is 26.1 Å². The third-order valence-corrected chi connectivity index (χ3v) is 5.64. The Morgan fingerprint density at radius 1 is 1.11 bits per heavy atom. The van der Waals surface area contributed by atoms with Crippen molar-refractivity contribution in [3.8, 4) is 11.3 Å². The standard InChI is InChI=1S/C19H15ClF2N4S/c1-9-5-3-6-11(20)15(9)24-18-16(14-12(21)7-4-8-13(14)22)25-19-26(18)17(23)10(2)27-19/h3-8,24H,23H2,1-2H3. The van der Waals surface area contributed by atoms with Gasteiger partial charge in [-0.25, -0.2) is 13.8 Å². The number of nitrogen functional groups attached to an aromatic ring is 1. The summed E-state index contributed by atoms with van der Waals surface area (Å²) in [5.41, 5.74) is 7.65. The molecule has 0 atom stereocenters. The SMILES string of the molecule is Cc1cccc(Cl)c1Nc1c(-c2c(F)cccc2F)nc2sc(C)c(N)n12. The Kier molecular flexibility index (Phi) is 4.28. The van der Waals surface area contributed by atoms with Crippen molar-refractivity contribution in [3.63, 3.8) is 0 Å². The lowest BCUT2D eigenvalue weighted by Crippen LogP contribution is -2.03. The minimum Gasteiger partial charge on any atom is -0.384 e. The van der Waals surface area contributed by atoms with Gasteiger partial charge in [-0.15, -0.1) is 0 Å². The summed E-state index contributed by atoms with van der Waals surface area (Å²) in [6.07, 6.45) is 0. The van der Waals surface area contributed by atoms with Gasteiger partial charge in [0.1, 0.15) is 29.0 Å². The second-order valence-electron chi connectivity index (χ2n) is 6.12. The summed E-state index contributed by atoms with van der Waals surface area (Å²) in [5, 5.41) is 3.68. The quantitative estimate of drug-likeness (QED) is 0.444. The number of benzene rings is 2. The number of imidazole rings is 1. The van der Waals surface area contributed by atoms with E-state index in [1.807, 2.05) is 26.0 Å². The van der Waals surface area contributed by atoms with Crippen molar-refractivity contribution in [2.75, 3.05) is 11.1 Å². The molecule has 2 heterocycles. The van der Waals surface area contributed by atoms with Crippen LogP contribution in [-0.4, -0.2) is 9.38 Å². The van der Waals surface area contributed by atoms with Gasteiger partial charge in [0.25, 0.3) is 0 Å². The van der Waals surface area contributed by atoms with Crippen LogP contribution in [0.2, 0.25) is 5.02 Å². The molecule has 4 aromatic rings. The fourth-order valence-electron chi connectivity index (χ4n) is 2.96. The van der Waals surface area contributed by atoms with E-state index in [9.17, 15) is 8.78 Å². The number of para-hydroxylation sites is 1. The smallest absolute Gasteiger partial charge is 0.197 e. The fraction of sp³-hybridized carbons (Fsp3) is 0.105. The number of nitrogens with zero attached hydrogens (tertiary/aromatic N) is 2. The van der Waals surface area contributed by atoms with Crippen LogP contribution < -0.4 is 11.1 Å². The minimum absolute atomic E-state index is 0.142. The monoisotopic (exact) mass is 404 g/mol. The van der Waals surface area contributed by atoms with E-state index in [4.69, 9.17) is 17.3 Å². The molecular weight excluding hydrogens is 390 g/mol.